The number of hydrogen-bond acceptors (Lipinski definition) is 2. The summed E-state index contributed by atoms with van der Waals surface area (Å²) in [6.45, 7) is 5.54. The molecule has 0 saturated heterocycles. The maximum Gasteiger partial charge on any atom is 0.225 e. The van der Waals surface area contributed by atoms with E-state index in [1.807, 2.05) is 0 Å². The lowest BCUT2D eigenvalue weighted by Gasteiger charge is -2.17. The van der Waals surface area contributed by atoms with Crippen LogP contribution in [0.15, 0.2) is 18.3 Å². The van der Waals surface area contributed by atoms with Crippen LogP contribution in [0.2, 0.25) is 0 Å². The first-order chi connectivity index (χ1) is 6.91. The third-order valence-electron chi connectivity index (χ3n) is 1.93. The molecule has 1 aromatic heterocycles. The molecular weight excluding hydrogens is 195 g/mol. The highest BCUT2D eigenvalue weighted by atomic mass is 19.1. The smallest absolute Gasteiger partial charge is 0.225 e. The molecule has 0 bridgehead atoms. The second-order valence-corrected chi connectivity index (χ2v) is 4.36. The fourth-order valence-electron chi connectivity index (χ4n) is 0.978. The lowest BCUT2D eigenvalue weighted by atomic mass is 9.96. The summed E-state index contributed by atoms with van der Waals surface area (Å²) >= 11 is 0. The molecule has 1 rings (SSSR count). The zero-order chi connectivity index (χ0) is 11.5. The van der Waals surface area contributed by atoms with E-state index in [9.17, 15) is 9.18 Å². The Morgan fingerprint density at radius 3 is 2.73 bits per heavy atom. The first kappa shape index (κ1) is 11.6. The van der Waals surface area contributed by atoms with Crippen LogP contribution in [-0.4, -0.2) is 10.9 Å². The van der Waals surface area contributed by atoms with Crippen LogP contribution in [0.5, 0.6) is 0 Å². The van der Waals surface area contributed by atoms with Crippen molar-refractivity contribution < 1.29 is 9.18 Å². The average molecular weight is 210 g/mol. The number of nitrogens with one attached hydrogen (secondary N) is 1. The first-order valence-electron chi connectivity index (χ1n) is 4.79. The minimum Gasteiger partial charge on any atom is -0.350 e. The van der Waals surface area contributed by atoms with Gasteiger partial charge in [-0.1, -0.05) is 20.8 Å². The van der Waals surface area contributed by atoms with Gasteiger partial charge >= 0.3 is 0 Å². The minimum atomic E-state index is -0.467. The monoisotopic (exact) mass is 210 g/mol. The number of hydrogen-bond donors (Lipinski definition) is 1. The zero-order valence-corrected chi connectivity index (χ0v) is 9.17. The van der Waals surface area contributed by atoms with Crippen LogP contribution in [0.3, 0.4) is 0 Å². The van der Waals surface area contributed by atoms with Crippen LogP contribution in [0.4, 0.5) is 4.39 Å². The summed E-state index contributed by atoms with van der Waals surface area (Å²) in [7, 11) is 0. The minimum absolute atomic E-state index is 0.118. The number of nitrogens with zero attached hydrogens (tertiary/aromatic N) is 1. The molecule has 0 aromatic carbocycles. The fraction of sp³-hybridized carbons (Fsp3) is 0.455. The van der Waals surface area contributed by atoms with Crippen molar-refractivity contribution in [3.63, 3.8) is 0 Å². The van der Waals surface area contributed by atoms with Crippen molar-refractivity contribution in [3.05, 3.63) is 29.8 Å². The van der Waals surface area contributed by atoms with Gasteiger partial charge in [-0.2, -0.15) is 0 Å². The predicted molar refractivity (Wildman–Crippen MR) is 55.5 cm³/mol. The Morgan fingerprint density at radius 2 is 2.20 bits per heavy atom. The van der Waals surface area contributed by atoms with Crippen molar-refractivity contribution in [2.75, 3.05) is 0 Å². The second-order valence-electron chi connectivity index (χ2n) is 4.36. The maximum atomic E-state index is 13.1. The van der Waals surface area contributed by atoms with E-state index < -0.39 is 11.2 Å². The standard InChI is InChI=1S/C11H15FN2O/c1-11(2,3)10(15)14-7-9-8(12)5-4-6-13-9/h4-6H,7H2,1-3H3,(H,14,15). The van der Waals surface area contributed by atoms with Gasteiger partial charge < -0.3 is 5.32 Å². The van der Waals surface area contributed by atoms with Crippen LogP contribution in [0.1, 0.15) is 26.5 Å². The van der Waals surface area contributed by atoms with Crippen molar-refractivity contribution in [1.29, 1.82) is 0 Å². The van der Waals surface area contributed by atoms with Gasteiger partial charge in [0, 0.05) is 11.6 Å². The molecular formula is C11H15FN2O. The van der Waals surface area contributed by atoms with Crippen LogP contribution in [0, 0.1) is 11.2 Å². The van der Waals surface area contributed by atoms with E-state index in [4.69, 9.17) is 0 Å². The van der Waals surface area contributed by atoms with Gasteiger partial charge in [-0.3, -0.25) is 9.78 Å². The van der Waals surface area contributed by atoms with Crippen molar-refractivity contribution in [1.82, 2.24) is 10.3 Å². The Morgan fingerprint density at radius 1 is 1.53 bits per heavy atom. The molecule has 0 unspecified atom stereocenters. The Kier molecular flexibility index (Phi) is 3.39. The van der Waals surface area contributed by atoms with Gasteiger partial charge in [0.2, 0.25) is 5.91 Å². The topological polar surface area (TPSA) is 42.0 Å². The largest absolute Gasteiger partial charge is 0.350 e. The molecule has 82 valence electrons. The SMILES string of the molecule is CC(C)(C)C(=O)NCc1ncccc1F. The van der Waals surface area contributed by atoms with Gasteiger partial charge in [-0.25, -0.2) is 4.39 Å². The highest BCUT2D eigenvalue weighted by Gasteiger charge is 2.20. The Hall–Kier alpha value is -1.45. The molecule has 1 N–H and O–H groups in total. The summed E-state index contributed by atoms with van der Waals surface area (Å²) < 4.78 is 13.1. The van der Waals surface area contributed by atoms with E-state index in [2.05, 4.69) is 10.3 Å². The molecule has 15 heavy (non-hydrogen) atoms. The van der Waals surface area contributed by atoms with Crippen molar-refractivity contribution in [2.45, 2.75) is 27.3 Å². The highest BCUT2D eigenvalue weighted by molar-refractivity contribution is 5.81. The molecule has 1 aromatic rings. The summed E-state index contributed by atoms with van der Waals surface area (Å²) in [6, 6.07) is 2.84. The van der Waals surface area contributed by atoms with Crippen LogP contribution in [-0.2, 0) is 11.3 Å². The number of carbonyl (C=O) groups is 1. The summed E-state index contributed by atoms with van der Waals surface area (Å²) in [5, 5.41) is 2.64. The lowest BCUT2D eigenvalue weighted by molar-refractivity contribution is -0.128. The molecule has 0 saturated carbocycles. The van der Waals surface area contributed by atoms with Crippen molar-refractivity contribution in [3.8, 4) is 0 Å². The highest BCUT2D eigenvalue weighted by Crippen LogP contribution is 2.13. The van der Waals surface area contributed by atoms with Crippen molar-refractivity contribution >= 4 is 5.91 Å². The number of carbonyl (C=O) groups excluding carboxylic acids is 1. The van der Waals surface area contributed by atoms with E-state index in [0.29, 0.717) is 0 Å². The molecule has 0 spiro atoms. The molecule has 0 radical (unpaired) electrons. The molecule has 4 heteroatoms. The number of halogens is 1. The van der Waals surface area contributed by atoms with E-state index in [1.165, 1.54) is 18.3 Å². The van der Waals surface area contributed by atoms with E-state index in [-0.39, 0.29) is 18.1 Å². The van der Waals surface area contributed by atoms with E-state index in [1.54, 1.807) is 20.8 Å². The summed E-state index contributed by atoms with van der Waals surface area (Å²) in [4.78, 5) is 15.3. The predicted octanol–water partition coefficient (Wildman–Crippen LogP) is 1.88. The van der Waals surface area contributed by atoms with Gasteiger partial charge in [0.15, 0.2) is 0 Å². The molecule has 0 aliphatic rings. The number of pyridine rings is 1. The van der Waals surface area contributed by atoms with E-state index >= 15 is 0 Å². The Bertz CT molecular complexity index is 358. The zero-order valence-electron chi connectivity index (χ0n) is 9.17. The van der Waals surface area contributed by atoms with Crippen molar-refractivity contribution in [2.24, 2.45) is 5.41 Å². The van der Waals surface area contributed by atoms with Crippen LogP contribution in [0.25, 0.3) is 0 Å². The van der Waals surface area contributed by atoms with Crippen LogP contribution >= 0.6 is 0 Å². The normalized spacial score (nSPS) is 11.2. The molecule has 3 nitrogen and oxygen atoms in total. The quantitative estimate of drug-likeness (QED) is 0.809. The molecule has 0 aliphatic carbocycles. The van der Waals surface area contributed by atoms with Gasteiger partial charge in [0.1, 0.15) is 5.82 Å². The fourth-order valence-corrected chi connectivity index (χ4v) is 0.978. The first-order valence-corrected chi connectivity index (χ1v) is 4.79. The molecule has 0 aliphatic heterocycles. The third-order valence-corrected chi connectivity index (χ3v) is 1.93. The molecule has 1 heterocycles. The summed E-state index contributed by atoms with van der Waals surface area (Å²) in [5.41, 5.74) is -0.208. The number of amides is 1. The Labute approximate surface area is 88.7 Å². The van der Waals surface area contributed by atoms with Gasteiger partial charge in [0.25, 0.3) is 0 Å². The molecule has 0 fully saturated rings. The number of aromatic nitrogens is 1. The lowest BCUT2D eigenvalue weighted by Crippen LogP contribution is -2.34. The third kappa shape index (κ3) is 3.31. The van der Waals surface area contributed by atoms with Gasteiger partial charge in [0.05, 0.1) is 12.2 Å². The second kappa shape index (κ2) is 4.38. The number of rotatable bonds is 2. The van der Waals surface area contributed by atoms with Gasteiger partial charge in [-0.05, 0) is 12.1 Å². The van der Waals surface area contributed by atoms with Gasteiger partial charge in [-0.15, -0.1) is 0 Å². The van der Waals surface area contributed by atoms with Crippen LogP contribution < -0.4 is 5.32 Å². The maximum absolute atomic E-state index is 13.1. The van der Waals surface area contributed by atoms with E-state index in [0.717, 1.165) is 0 Å². The average Bonchev–Trinajstić information content (AvgIpc) is 2.14. The molecule has 0 atom stereocenters. The molecule has 1 amide bonds. The summed E-state index contributed by atoms with van der Waals surface area (Å²) in [5.74, 6) is -0.515. The Balaban J connectivity index is 2.59. The summed E-state index contributed by atoms with van der Waals surface area (Å²) in [6.07, 6.45) is 1.50.